The normalized spacial score (nSPS) is 11.6. The summed E-state index contributed by atoms with van der Waals surface area (Å²) in [5.74, 6) is 0.657. The van der Waals surface area contributed by atoms with Crippen molar-refractivity contribution in [2.75, 3.05) is 14.2 Å². The lowest BCUT2D eigenvalue weighted by Gasteiger charge is -2.28. The van der Waals surface area contributed by atoms with Crippen LogP contribution in [0.1, 0.15) is 30.7 Å². The summed E-state index contributed by atoms with van der Waals surface area (Å²) in [6.07, 6.45) is 0. The number of hydrogen-bond donors (Lipinski definition) is 0. The maximum absolute atomic E-state index is 14.4. The molecule has 1 aromatic heterocycles. The topological polar surface area (TPSA) is 36.3 Å². The molecule has 0 aliphatic heterocycles. The zero-order valence-corrected chi connectivity index (χ0v) is 22.4. The fourth-order valence-corrected chi connectivity index (χ4v) is 5.82. The van der Waals surface area contributed by atoms with Crippen molar-refractivity contribution in [2.45, 2.75) is 30.2 Å². The monoisotopic (exact) mass is 548 g/mol. The first-order valence-corrected chi connectivity index (χ1v) is 12.7. The summed E-state index contributed by atoms with van der Waals surface area (Å²) in [5, 5.41) is 1.13. The molecule has 36 heavy (non-hydrogen) atoms. The van der Waals surface area contributed by atoms with Crippen LogP contribution in [0.2, 0.25) is 10.2 Å². The van der Waals surface area contributed by atoms with Crippen LogP contribution in [-0.2, 0) is 11.2 Å². The number of hydrogen-bond acceptors (Lipinski definition) is 4. The van der Waals surface area contributed by atoms with E-state index in [9.17, 15) is 8.78 Å². The van der Waals surface area contributed by atoms with Gasteiger partial charge in [-0.3, -0.25) is 4.57 Å². The lowest BCUT2D eigenvalue weighted by atomic mass is 9.81. The van der Waals surface area contributed by atoms with Crippen molar-refractivity contribution in [3.05, 3.63) is 99.3 Å². The second kappa shape index (κ2) is 10.7. The third-order valence-corrected chi connectivity index (χ3v) is 7.58. The third-order valence-electron chi connectivity index (χ3n) is 5.99. The molecule has 1 heterocycles. The molecule has 4 aromatic rings. The lowest BCUT2D eigenvalue weighted by Crippen LogP contribution is -2.23. The van der Waals surface area contributed by atoms with Crippen LogP contribution in [0, 0.1) is 11.6 Å². The Morgan fingerprint density at radius 2 is 1.64 bits per heavy atom. The molecule has 0 saturated carbocycles. The molecule has 0 radical (unpaired) electrons. The van der Waals surface area contributed by atoms with Crippen LogP contribution in [0.5, 0.6) is 11.5 Å². The molecule has 0 atom stereocenters. The third kappa shape index (κ3) is 5.05. The summed E-state index contributed by atoms with van der Waals surface area (Å²) >= 11 is 14.3. The number of imidazole rings is 1. The van der Waals surface area contributed by atoms with Crippen molar-refractivity contribution in [1.82, 2.24) is 9.55 Å². The van der Waals surface area contributed by atoms with Gasteiger partial charge in [-0.05, 0) is 54.1 Å². The smallest absolute Gasteiger partial charge is 0.174 e. The van der Waals surface area contributed by atoms with Gasteiger partial charge in [-0.15, -0.1) is 0 Å². The number of methoxy groups -OCH3 is 2. The molecule has 0 amide bonds. The molecule has 4 nitrogen and oxygen atoms in total. The maximum atomic E-state index is 14.4. The van der Waals surface area contributed by atoms with Crippen molar-refractivity contribution in [3.63, 3.8) is 0 Å². The van der Waals surface area contributed by atoms with Crippen molar-refractivity contribution < 1.29 is 18.3 Å². The molecular weight excluding hydrogens is 525 g/mol. The minimum Gasteiger partial charge on any atom is -0.493 e. The summed E-state index contributed by atoms with van der Waals surface area (Å²) in [6.45, 7) is 4.03. The Bertz CT molecular complexity index is 1370. The van der Waals surface area contributed by atoms with Crippen molar-refractivity contribution >= 4 is 35.0 Å². The number of nitrogens with zero attached hydrogens (tertiary/aromatic N) is 2. The highest BCUT2D eigenvalue weighted by molar-refractivity contribution is 7.98. The molecular formula is C27H24Cl2F2N2O2S. The molecule has 0 spiro atoms. The molecule has 4 rings (SSSR count). The van der Waals surface area contributed by atoms with Gasteiger partial charge in [0.25, 0.3) is 0 Å². The summed E-state index contributed by atoms with van der Waals surface area (Å²) in [5.41, 5.74) is 1.96. The van der Waals surface area contributed by atoms with E-state index in [0.29, 0.717) is 38.6 Å². The van der Waals surface area contributed by atoms with Gasteiger partial charge in [0.2, 0.25) is 0 Å². The second-order valence-corrected chi connectivity index (χ2v) is 10.2. The zero-order valence-electron chi connectivity index (χ0n) is 20.1. The molecule has 0 aliphatic rings. The Balaban J connectivity index is 1.85. The van der Waals surface area contributed by atoms with E-state index in [2.05, 4.69) is 4.98 Å². The molecule has 0 aliphatic carbocycles. The number of aromatic nitrogens is 2. The Morgan fingerprint density at radius 1 is 0.944 bits per heavy atom. The number of thioether (sulfide) groups is 1. The summed E-state index contributed by atoms with van der Waals surface area (Å²) in [4.78, 5) is 4.63. The highest BCUT2D eigenvalue weighted by atomic mass is 35.5. The number of rotatable bonds is 8. The first-order chi connectivity index (χ1) is 17.2. The van der Waals surface area contributed by atoms with Crippen LogP contribution >= 0.6 is 35.0 Å². The van der Waals surface area contributed by atoms with Crippen molar-refractivity contribution in [3.8, 4) is 17.2 Å². The van der Waals surface area contributed by atoms with E-state index in [4.69, 9.17) is 32.7 Å². The van der Waals surface area contributed by atoms with Gasteiger partial charge >= 0.3 is 0 Å². The van der Waals surface area contributed by atoms with Crippen LogP contribution in [0.25, 0.3) is 5.69 Å². The Labute approximate surface area is 223 Å². The molecule has 188 valence electrons. The SMILES string of the molecule is COc1ccc(C(C)(C)c2c(Cl)nc(SCc3c(F)cccc3Cl)n2-c2ccc(F)cc2)cc1OC. The first-order valence-electron chi connectivity index (χ1n) is 11.0. The van der Waals surface area contributed by atoms with Crippen LogP contribution in [-0.4, -0.2) is 23.8 Å². The van der Waals surface area contributed by atoms with E-state index < -0.39 is 11.2 Å². The predicted octanol–water partition coefficient (Wildman–Crippen LogP) is 8.09. The standard InChI is InChI=1S/C27H24Cl2F2N2O2S/c1-27(2,16-8-13-22(34-3)23(14-16)35-4)24-25(29)32-26(33(24)18-11-9-17(30)10-12-18)36-15-19-20(28)6-5-7-21(19)31/h5-14H,15H2,1-4H3. The molecule has 0 bridgehead atoms. The minimum atomic E-state index is -0.660. The molecule has 0 unspecified atom stereocenters. The molecule has 0 fully saturated rings. The van der Waals surface area contributed by atoms with Gasteiger partial charge in [0.05, 0.1) is 19.9 Å². The zero-order chi connectivity index (χ0) is 26.0. The molecule has 9 heteroatoms. The largest absolute Gasteiger partial charge is 0.493 e. The van der Waals surface area contributed by atoms with E-state index in [1.165, 1.54) is 30.0 Å². The minimum absolute atomic E-state index is 0.232. The number of benzene rings is 3. The average Bonchev–Trinajstić information content (AvgIpc) is 3.20. The van der Waals surface area contributed by atoms with Crippen LogP contribution in [0.3, 0.4) is 0 Å². The van der Waals surface area contributed by atoms with Gasteiger partial charge in [-0.25, -0.2) is 13.8 Å². The molecule has 0 saturated heterocycles. The number of halogens is 4. The summed E-state index contributed by atoms with van der Waals surface area (Å²) < 4.78 is 41.0. The van der Waals surface area contributed by atoms with Gasteiger partial charge in [-0.2, -0.15) is 0 Å². The summed E-state index contributed by atoms with van der Waals surface area (Å²) in [7, 11) is 3.15. The first kappa shape index (κ1) is 26.3. The Hall–Kier alpha value is -2.74. The highest BCUT2D eigenvalue weighted by Crippen LogP contribution is 2.43. The van der Waals surface area contributed by atoms with E-state index in [1.54, 1.807) is 38.5 Å². The van der Waals surface area contributed by atoms with E-state index >= 15 is 0 Å². The molecule has 0 N–H and O–H groups in total. The van der Waals surface area contributed by atoms with Gasteiger partial charge in [0.15, 0.2) is 21.8 Å². The fraction of sp³-hybridized carbons (Fsp3) is 0.222. The lowest BCUT2D eigenvalue weighted by molar-refractivity contribution is 0.353. The predicted molar refractivity (Wildman–Crippen MR) is 141 cm³/mol. The van der Waals surface area contributed by atoms with Gasteiger partial charge < -0.3 is 9.47 Å². The van der Waals surface area contributed by atoms with E-state index in [1.807, 2.05) is 36.6 Å². The van der Waals surface area contributed by atoms with Gasteiger partial charge in [0, 0.05) is 27.4 Å². The molecule has 3 aromatic carbocycles. The van der Waals surface area contributed by atoms with E-state index in [0.717, 1.165) is 5.56 Å². The van der Waals surface area contributed by atoms with Crippen LogP contribution in [0.15, 0.2) is 65.8 Å². The maximum Gasteiger partial charge on any atom is 0.174 e. The average molecular weight is 549 g/mol. The highest BCUT2D eigenvalue weighted by Gasteiger charge is 2.34. The van der Waals surface area contributed by atoms with Crippen molar-refractivity contribution in [2.24, 2.45) is 0 Å². The second-order valence-electron chi connectivity index (χ2n) is 8.53. The number of ether oxygens (including phenoxy) is 2. The Kier molecular flexibility index (Phi) is 7.83. The fourth-order valence-electron chi connectivity index (χ4n) is 4.01. The Morgan fingerprint density at radius 3 is 2.28 bits per heavy atom. The van der Waals surface area contributed by atoms with Crippen LogP contribution in [0.4, 0.5) is 8.78 Å². The van der Waals surface area contributed by atoms with Crippen molar-refractivity contribution in [1.29, 1.82) is 0 Å². The summed E-state index contributed by atoms with van der Waals surface area (Å²) in [6, 6.07) is 16.3. The van der Waals surface area contributed by atoms with Gasteiger partial charge in [0.1, 0.15) is 11.6 Å². The van der Waals surface area contributed by atoms with E-state index in [-0.39, 0.29) is 16.7 Å². The van der Waals surface area contributed by atoms with Gasteiger partial charge in [-0.1, -0.05) is 60.9 Å². The quantitative estimate of drug-likeness (QED) is 0.208. The van der Waals surface area contributed by atoms with Crippen LogP contribution < -0.4 is 9.47 Å².